The average Bonchev–Trinajstić information content (AvgIpc) is 2.25. The number of hydrogen-bond acceptors (Lipinski definition) is 4. The van der Waals surface area contributed by atoms with Gasteiger partial charge in [0.1, 0.15) is 11.6 Å². The molecule has 0 bridgehead atoms. The Morgan fingerprint density at radius 2 is 2.25 bits per heavy atom. The van der Waals surface area contributed by atoms with Gasteiger partial charge in [0, 0.05) is 16.7 Å². The Labute approximate surface area is 98.4 Å². The predicted molar refractivity (Wildman–Crippen MR) is 63.4 cm³/mol. The van der Waals surface area contributed by atoms with Crippen molar-refractivity contribution in [3.63, 3.8) is 0 Å². The summed E-state index contributed by atoms with van der Waals surface area (Å²) >= 11 is 1.60. The Morgan fingerprint density at radius 1 is 1.56 bits per heavy atom. The highest BCUT2D eigenvalue weighted by Gasteiger charge is 2.13. The van der Waals surface area contributed by atoms with Gasteiger partial charge in [-0.1, -0.05) is 13.8 Å². The van der Waals surface area contributed by atoms with Gasteiger partial charge in [-0.2, -0.15) is 5.26 Å². The summed E-state index contributed by atoms with van der Waals surface area (Å²) in [4.78, 5) is 11.0. The first-order chi connectivity index (χ1) is 7.54. The third kappa shape index (κ3) is 3.24. The summed E-state index contributed by atoms with van der Waals surface area (Å²) in [6.45, 7) is 4.20. The molecular formula is C11H12N2O2S. The lowest BCUT2D eigenvalue weighted by Gasteiger charge is -2.04. The molecule has 0 heterocycles. The maximum absolute atomic E-state index is 10.6. The fraction of sp³-hybridized carbons (Fsp3) is 0.364. The standard InChI is InChI=1S/C11H12N2O2S/c1-8(2)7-16-10-3-4-11(13(14)15)9(5-10)6-12/h3-5,8H,7H2,1-2H3. The molecule has 1 aromatic carbocycles. The van der Waals surface area contributed by atoms with Crippen molar-refractivity contribution in [2.45, 2.75) is 18.7 Å². The van der Waals surface area contributed by atoms with Crippen molar-refractivity contribution >= 4 is 17.4 Å². The monoisotopic (exact) mass is 236 g/mol. The highest BCUT2D eigenvalue weighted by molar-refractivity contribution is 7.99. The van der Waals surface area contributed by atoms with E-state index in [4.69, 9.17) is 5.26 Å². The molecule has 0 spiro atoms. The van der Waals surface area contributed by atoms with Crippen LogP contribution >= 0.6 is 11.8 Å². The molecular weight excluding hydrogens is 224 g/mol. The lowest BCUT2D eigenvalue weighted by atomic mass is 10.2. The Balaban J connectivity index is 2.92. The molecule has 0 amide bonds. The van der Waals surface area contributed by atoms with Gasteiger partial charge in [0.25, 0.3) is 5.69 Å². The number of thioether (sulfide) groups is 1. The van der Waals surface area contributed by atoms with E-state index in [1.54, 1.807) is 23.9 Å². The summed E-state index contributed by atoms with van der Waals surface area (Å²) < 4.78 is 0. The second-order valence-corrected chi connectivity index (χ2v) is 4.85. The highest BCUT2D eigenvalue weighted by atomic mass is 32.2. The van der Waals surface area contributed by atoms with Crippen LogP contribution in [0.5, 0.6) is 0 Å². The molecule has 0 unspecified atom stereocenters. The van der Waals surface area contributed by atoms with E-state index in [2.05, 4.69) is 13.8 Å². The summed E-state index contributed by atoms with van der Waals surface area (Å²) in [5.41, 5.74) is -0.00449. The number of nitrogens with zero attached hydrogens (tertiary/aromatic N) is 2. The highest BCUT2D eigenvalue weighted by Crippen LogP contribution is 2.26. The Hall–Kier alpha value is -1.54. The van der Waals surface area contributed by atoms with E-state index in [0.717, 1.165) is 10.6 Å². The Morgan fingerprint density at radius 3 is 2.75 bits per heavy atom. The molecule has 0 saturated carbocycles. The zero-order valence-electron chi connectivity index (χ0n) is 9.14. The SMILES string of the molecule is CC(C)CSc1ccc([N+](=O)[O-])c(C#N)c1. The fourth-order valence-electron chi connectivity index (χ4n) is 1.12. The first-order valence-electron chi connectivity index (χ1n) is 4.86. The first kappa shape index (κ1) is 12.5. The number of nitro groups is 1. The molecule has 4 nitrogen and oxygen atoms in total. The molecule has 0 fully saturated rings. The van der Waals surface area contributed by atoms with Crippen LogP contribution in [0.3, 0.4) is 0 Å². The third-order valence-corrected chi connectivity index (χ3v) is 3.29. The van der Waals surface area contributed by atoms with Crippen LogP contribution < -0.4 is 0 Å². The lowest BCUT2D eigenvalue weighted by molar-refractivity contribution is -0.385. The van der Waals surface area contributed by atoms with Crippen molar-refractivity contribution in [2.75, 3.05) is 5.75 Å². The summed E-state index contributed by atoms with van der Waals surface area (Å²) in [7, 11) is 0. The Kier molecular flexibility index (Phi) is 4.32. The largest absolute Gasteiger partial charge is 0.287 e. The van der Waals surface area contributed by atoms with E-state index < -0.39 is 4.92 Å². The van der Waals surface area contributed by atoms with Gasteiger partial charge < -0.3 is 0 Å². The normalized spacial score (nSPS) is 10.1. The van der Waals surface area contributed by atoms with Crippen LogP contribution in [0, 0.1) is 27.4 Å². The average molecular weight is 236 g/mol. The molecule has 5 heteroatoms. The van der Waals surface area contributed by atoms with Crippen LogP contribution in [0.2, 0.25) is 0 Å². The van der Waals surface area contributed by atoms with Crippen LogP contribution in [-0.4, -0.2) is 10.7 Å². The summed E-state index contributed by atoms with van der Waals surface area (Å²) in [6.07, 6.45) is 0. The van der Waals surface area contributed by atoms with Crippen molar-refractivity contribution in [3.8, 4) is 6.07 Å². The molecule has 16 heavy (non-hydrogen) atoms. The van der Waals surface area contributed by atoms with E-state index >= 15 is 0 Å². The van der Waals surface area contributed by atoms with Crippen LogP contribution in [0.4, 0.5) is 5.69 Å². The first-order valence-corrected chi connectivity index (χ1v) is 5.84. The molecule has 0 atom stereocenters. The van der Waals surface area contributed by atoms with Gasteiger partial charge in [-0.3, -0.25) is 10.1 Å². The van der Waals surface area contributed by atoms with Crippen LogP contribution in [-0.2, 0) is 0 Å². The molecule has 0 aliphatic heterocycles. The van der Waals surface area contributed by atoms with Gasteiger partial charge in [0.05, 0.1) is 4.92 Å². The second-order valence-electron chi connectivity index (χ2n) is 3.75. The smallest absolute Gasteiger partial charge is 0.258 e. The number of hydrogen-bond donors (Lipinski definition) is 0. The number of nitriles is 1. The number of rotatable bonds is 4. The van der Waals surface area contributed by atoms with Crippen molar-refractivity contribution in [3.05, 3.63) is 33.9 Å². The maximum atomic E-state index is 10.6. The Bertz CT molecular complexity index is 438. The van der Waals surface area contributed by atoms with Gasteiger partial charge in [-0.05, 0) is 18.1 Å². The van der Waals surface area contributed by atoms with Crippen molar-refractivity contribution in [2.24, 2.45) is 5.92 Å². The van der Waals surface area contributed by atoms with E-state index in [9.17, 15) is 10.1 Å². The molecule has 0 aliphatic carbocycles. The quantitative estimate of drug-likeness (QED) is 0.457. The van der Waals surface area contributed by atoms with E-state index in [-0.39, 0.29) is 11.3 Å². The van der Waals surface area contributed by atoms with Crippen LogP contribution in [0.15, 0.2) is 23.1 Å². The van der Waals surface area contributed by atoms with E-state index in [1.807, 2.05) is 6.07 Å². The van der Waals surface area contributed by atoms with Crippen LogP contribution in [0.25, 0.3) is 0 Å². The van der Waals surface area contributed by atoms with Gasteiger partial charge in [-0.25, -0.2) is 0 Å². The molecule has 0 saturated heterocycles. The van der Waals surface area contributed by atoms with Crippen molar-refractivity contribution in [1.29, 1.82) is 5.26 Å². The molecule has 1 rings (SSSR count). The molecule has 84 valence electrons. The van der Waals surface area contributed by atoms with Crippen molar-refractivity contribution < 1.29 is 4.92 Å². The lowest BCUT2D eigenvalue weighted by Crippen LogP contribution is -1.94. The number of benzene rings is 1. The van der Waals surface area contributed by atoms with Gasteiger partial charge in [-0.15, -0.1) is 11.8 Å². The van der Waals surface area contributed by atoms with E-state index in [1.165, 1.54) is 6.07 Å². The topological polar surface area (TPSA) is 66.9 Å². The third-order valence-electron chi connectivity index (χ3n) is 1.87. The second kappa shape index (κ2) is 5.52. The summed E-state index contributed by atoms with van der Waals surface area (Å²) in [5.74, 6) is 1.48. The predicted octanol–water partition coefficient (Wildman–Crippen LogP) is 3.21. The minimum atomic E-state index is -0.532. The van der Waals surface area contributed by atoms with Gasteiger partial charge >= 0.3 is 0 Å². The number of nitro benzene ring substituents is 1. The molecule has 0 N–H and O–H groups in total. The molecule has 0 aliphatic rings. The minimum Gasteiger partial charge on any atom is -0.258 e. The molecule has 0 aromatic heterocycles. The fourth-order valence-corrected chi connectivity index (χ4v) is 2.01. The van der Waals surface area contributed by atoms with Crippen molar-refractivity contribution in [1.82, 2.24) is 0 Å². The zero-order valence-corrected chi connectivity index (χ0v) is 9.95. The van der Waals surface area contributed by atoms with Crippen LogP contribution in [0.1, 0.15) is 19.4 Å². The molecule has 1 aromatic rings. The zero-order chi connectivity index (χ0) is 12.1. The summed E-state index contributed by atoms with van der Waals surface area (Å²) in [6, 6.07) is 6.50. The van der Waals surface area contributed by atoms with E-state index in [0.29, 0.717) is 5.92 Å². The van der Waals surface area contributed by atoms with Gasteiger partial charge in [0.15, 0.2) is 0 Å². The van der Waals surface area contributed by atoms with Gasteiger partial charge in [0.2, 0.25) is 0 Å². The minimum absolute atomic E-state index is 0.124. The molecule has 0 radical (unpaired) electrons. The maximum Gasteiger partial charge on any atom is 0.287 e. The summed E-state index contributed by atoms with van der Waals surface area (Å²) in [5, 5.41) is 19.4.